The van der Waals surface area contributed by atoms with E-state index in [2.05, 4.69) is 115 Å². The monoisotopic (exact) mass is 807 g/mol. The molecular formula is C57H33N3O3. The van der Waals surface area contributed by atoms with Gasteiger partial charge in [-0.15, -0.1) is 0 Å². The van der Waals surface area contributed by atoms with Crippen LogP contribution in [0, 0.1) is 0 Å². The first kappa shape index (κ1) is 35.2. The van der Waals surface area contributed by atoms with Crippen LogP contribution in [0.1, 0.15) is 0 Å². The van der Waals surface area contributed by atoms with Crippen LogP contribution in [0.25, 0.3) is 133 Å². The highest BCUT2D eigenvalue weighted by Crippen LogP contribution is 2.47. The highest BCUT2D eigenvalue weighted by Gasteiger charge is 2.23. The smallest absolute Gasteiger partial charge is 0.164 e. The maximum atomic E-state index is 7.00. The normalized spacial score (nSPS) is 11.8. The maximum absolute atomic E-state index is 7.00. The van der Waals surface area contributed by atoms with Crippen LogP contribution in [0.15, 0.2) is 213 Å². The average molecular weight is 808 g/mol. The molecular weight excluding hydrogens is 775 g/mol. The molecule has 0 spiro atoms. The summed E-state index contributed by atoms with van der Waals surface area (Å²) in [7, 11) is 0. The van der Waals surface area contributed by atoms with Crippen molar-refractivity contribution in [2.24, 2.45) is 0 Å². The van der Waals surface area contributed by atoms with Crippen molar-refractivity contribution in [2.75, 3.05) is 0 Å². The van der Waals surface area contributed by atoms with E-state index < -0.39 is 0 Å². The first-order chi connectivity index (χ1) is 31.2. The van der Waals surface area contributed by atoms with Crippen molar-refractivity contribution in [3.63, 3.8) is 0 Å². The topological polar surface area (TPSA) is 78.1 Å². The molecule has 0 aliphatic carbocycles. The second-order valence-corrected chi connectivity index (χ2v) is 15.9. The molecule has 0 bridgehead atoms. The number of furan rings is 3. The Kier molecular flexibility index (Phi) is 7.80. The van der Waals surface area contributed by atoms with Crippen molar-refractivity contribution < 1.29 is 13.3 Å². The summed E-state index contributed by atoms with van der Waals surface area (Å²) in [5.74, 6) is 1.83. The molecule has 0 aliphatic rings. The summed E-state index contributed by atoms with van der Waals surface area (Å²) in [6.07, 6.45) is 0. The van der Waals surface area contributed by atoms with E-state index in [-0.39, 0.29) is 0 Å². The summed E-state index contributed by atoms with van der Waals surface area (Å²) in [6, 6.07) is 68.5. The highest BCUT2D eigenvalue weighted by molar-refractivity contribution is 6.20. The number of fused-ring (bicyclic) bond motifs is 9. The van der Waals surface area contributed by atoms with Gasteiger partial charge in [-0.2, -0.15) is 0 Å². The Bertz CT molecular complexity index is 3860. The van der Waals surface area contributed by atoms with Crippen molar-refractivity contribution >= 4 is 65.8 Å². The summed E-state index contributed by atoms with van der Waals surface area (Å²) < 4.78 is 20.3. The Balaban J connectivity index is 1.05. The van der Waals surface area contributed by atoms with Crippen molar-refractivity contribution in [2.45, 2.75) is 0 Å². The number of hydrogen-bond acceptors (Lipinski definition) is 6. The van der Waals surface area contributed by atoms with Gasteiger partial charge in [-0.05, 0) is 53.1 Å². The predicted octanol–water partition coefficient (Wildman–Crippen LogP) is 15.6. The van der Waals surface area contributed by atoms with E-state index in [1.165, 1.54) is 0 Å². The van der Waals surface area contributed by atoms with Crippen LogP contribution >= 0.6 is 0 Å². The van der Waals surface area contributed by atoms with E-state index in [0.717, 1.165) is 116 Å². The van der Waals surface area contributed by atoms with Gasteiger partial charge in [0.2, 0.25) is 0 Å². The molecule has 0 unspecified atom stereocenters. The van der Waals surface area contributed by atoms with E-state index >= 15 is 0 Å². The number of hydrogen-bond donors (Lipinski definition) is 0. The molecule has 0 saturated carbocycles. The quantitative estimate of drug-likeness (QED) is 0.166. The molecule has 4 aromatic heterocycles. The lowest BCUT2D eigenvalue weighted by Crippen LogP contribution is -2.00. The zero-order chi connectivity index (χ0) is 41.4. The van der Waals surface area contributed by atoms with Gasteiger partial charge >= 0.3 is 0 Å². The Morgan fingerprint density at radius 3 is 1.37 bits per heavy atom. The fraction of sp³-hybridized carbons (Fsp3) is 0. The summed E-state index contributed by atoms with van der Waals surface area (Å²) >= 11 is 0. The standard InChI is InChI=1S/C57H33N3O3/c1-3-15-34(16-4-1)55-58-56(35-17-5-2-6-18-35)60-57(59-55)37-20-11-19-36(31-37)39-23-14-30-50-51(39)47-33-38(40-24-12-25-43-41-21-7-9-28-48(41)61-52(40)43)32-46(54(47)63-50)45-27-13-26-44-42-22-8-10-29-49(42)62-53(44)45/h1-33H. The molecule has 9 aromatic carbocycles. The second-order valence-electron chi connectivity index (χ2n) is 15.9. The first-order valence-electron chi connectivity index (χ1n) is 21.0. The fourth-order valence-corrected chi connectivity index (χ4v) is 9.22. The molecule has 63 heavy (non-hydrogen) atoms. The van der Waals surface area contributed by atoms with Crippen LogP contribution in [-0.2, 0) is 0 Å². The van der Waals surface area contributed by atoms with E-state index in [1.54, 1.807) is 0 Å². The third-order valence-corrected chi connectivity index (χ3v) is 12.1. The molecule has 13 rings (SSSR count). The average Bonchev–Trinajstić information content (AvgIpc) is 4.06. The SMILES string of the molecule is c1ccc(-c2nc(-c3ccccc3)nc(-c3cccc(-c4cccc5oc6c(-c7cccc8c7oc7ccccc78)cc(-c7cccc8c7oc7ccccc78)cc6c45)c3)n2)cc1. The molecule has 0 amide bonds. The summed E-state index contributed by atoms with van der Waals surface area (Å²) in [4.78, 5) is 15.0. The summed E-state index contributed by atoms with van der Waals surface area (Å²) in [6.45, 7) is 0. The van der Waals surface area contributed by atoms with Crippen LogP contribution in [0.3, 0.4) is 0 Å². The number of rotatable bonds is 6. The molecule has 0 aliphatic heterocycles. The van der Waals surface area contributed by atoms with E-state index in [1.807, 2.05) is 84.9 Å². The van der Waals surface area contributed by atoms with Crippen LogP contribution in [0.2, 0.25) is 0 Å². The Labute approximate surface area is 360 Å². The minimum Gasteiger partial charge on any atom is -0.455 e. The fourth-order valence-electron chi connectivity index (χ4n) is 9.22. The van der Waals surface area contributed by atoms with Crippen LogP contribution in [-0.4, -0.2) is 15.0 Å². The van der Waals surface area contributed by atoms with E-state index in [9.17, 15) is 0 Å². The molecule has 0 fully saturated rings. The molecule has 0 saturated heterocycles. The summed E-state index contributed by atoms with van der Waals surface area (Å²) in [5, 5.41) is 6.28. The van der Waals surface area contributed by atoms with Gasteiger partial charge in [-0.25, -0.2) is 15.0 Å². The third-order valence-electron chi connectivity index (χ3n) is 12.1. The number of para-hydroxylation sites is 4. The van der Waals surface area contributed by atoms with Gasteiger partial charge in [0.15, 0.2) is 17.5 Å². The molecule has 294 valence electrons. The lowest BCUT2D eigenvalue weighted by Gasteiger charge is -2.11. The number of aromatic nitrogens is 3. The summed E-state index contributed by atoms with van der Waals surface area (Å²) in [5.41, 5.74) is 13.6. The minimum atomic E-state index is 0.594. The first-order valence-corrected chi connectivity index (χ1v) is 21.0. The molecule has 6 heteroatoms. The third kappa shape index (κ3) is 5.69. The van der Waals surface area contributed by atoms with E-state index in [0.29, 0.717) is 17.5 Å². The van der Waals surface area contributed by atoms with Crippen LogP contribution in [0.4, 0.5) is 0 Å². The van der Waals surface area contributed by atoms with Crippen molar-refractivity contribution in [3.8, 4) is 67.5 Å². The zero-order valence-corrected chi connectivity index (χ0v) is 33.6. The van der Waals surface area contributed by atoms with Gasteiger partial charge in [0.25, 0.3) is 0 Å². The van der Waals surface area contributed by atoms with Crippen LogP contribution in [0.5, 0.6) is 0 Å². The van der Waals surface area contributed by atoms with Crippen molar-refractivity contribution in [3.05, 3.63) is 200 Å². The van der Waals surface area contributed by atoms with Gasteiger partial charge in [0.05, 0.1) is 0 Å². The number of nitrogens with zero attached hydrogens (tertiary/aromatic N) is 3. The van der Waals surface area contributed by atoms with Gasteiger partial charge in [0.1, 0.15) is 33.5 Å². The van der Waals surface area contributed by atoms with Gasteiger partial charge in [-0.3, -0.25) is 0 Å². The molecule has 0 atom stereocenters. The number of benzene rings is 9. The Hall–Kier alpha value is -8.61. The van der Waals surface area contributed by atoms with Crippen molar-refractivity contribution in [1.82, 2.24) is 15.0 Å². The predicted molar refractivity (Wildman–Crippen MR) is 254 cm³/mol. The molecule has 0 radical (unpaired) electrons. The molecule has 0 N–H and O–H groups in total. The lowest BCUT2D eigenvalue weighted by molar-refractivity contribution is 0.665. The molecule has 4 heterocycles. The van der Waals surface area contributed by atoms with Crippen LogP contribution < -0.4 is 0 Å². The Morgan fingerprint density at radius 2 is 0.698 bits per heavy atom. The second kappa shape index (κ2) is 14.0. The largest absolute Gasteiger partial charge is 0.455 e. The lowest BCUT2D eigenvalue weighted by atomic mass is 9.92. The van der Waals surface area contributed by atoms with Gasteiger partial charge in [0, 0.05) is 65.7 Å². The molecule has 6 nitrogen and oxygen atoms in total. The van der Waals surface area contributed by atoms with Gasteiger partial charge in [-0.1, -0.05) is 164 Å². The highest BCUT2D eigenvalue weighted by atomic mass is 16.3. The van der Waals surface area contributed by atoms with Crippen molar-refractivity contribution in [1.29, 1.82) is 0 Å². The van der Waals surface area contributed by atoms with Gasteiger partial charge < -0.3 is 13.3 Å². The van der Waals surface area contributed by atoms with E-state index in [4.69, 9.17) is 28.2 Å². The zero-order valence-electron chi connectivity index (χ0n) is 33.6. The minimum absolute atomic E-state index is 0.594. The Morgan fingerprint density at radius 1 is 0.254 bits per heavy atom. The maximum Gasteiger partial charge on any atom is 0.164 e. The molecule has 13 aromatic rings.